The maximum absolute atomic E-state index is 11.9. The third-order valence-electron chi connectivity index (χ3n) is 4.67. The Kier molecular flexibility index (Phi) is 4.33. The van der Waals surface area contributed by atoms with Crippen LogP contribution in [-0.4, -0.2) is 32.1 Å². The number of aromatic nitrogens is 2. The molecule has 0 saturated carbocycles. The highest BCUT2D eigenvalue weighted by molar-refractivity contribution is 7.89. The van der Waals surface area contributed by atoms with Crippen LogP contribution in [0.25, 0.3) is 21.9 Å². The Morgan fingerprint density at radius 3 is 2.56 bits per heavy atom. The number of methoxy groups -OCH3 is 1. The van der Waals surface area contributed by atoms with Crippen molar-refractivity contribution < 1.29 is 13.2 Å². The highest BCUT2D eigenvalue weighted by atomic mass is 32.2. The molecule has 4 rings (SSSR count). The van der Waals surface area contributed by atoms with Crippen LogP contribution >= 0.6 is 0 Å². The molecule has 0 spiro atoms. The molecule has 0 bridgehead atoms. The third kappa shape index (κ3) is 3.05. The van der Waals surface area contributed by atoms with Gasteiger partial charge in [-0.15, -0.1) is 0 Å². The fourth-order valence-electron chi connectivity index (χ4n) is 3.26. The van der Waals surface area contributed by atoms with Gasteiger partial charge in [-0.25, -0.2) is 13.1 Å². The Morgan fingerprint density at radius 1 is 1.07 bits per heavy atom. The summed E-state index contributed by atoms with van der Waals surface area (Å²) >= 11 is 0. The molecule has 138 valence electrons. The van der Waals surface area contributed by atoms with E-state index >= 15 is 0 Å². The molecule has 0 atom stereocenters. The average Bonchev–Trinajstić information content (AvgIpc) is 3.01. The van der Waals surface area contributed by atoms with Crippen molar-refractivity contribution in [3.05, 3.63) is 66.4 Å². The minimum Gasteiger partial charge on any atom is -0.497 e. The van der Waals surface area contributed by atoms with Crippen LogP contribution in [0.3, 0.4) is 0 Å². The predicted octanol–water partition coefficient (Wildman–Crippen LogP) is 3.15. The quantitative estimate of drug-likeness (QED) is 0.576. The van der Waals surface area contributed by atoms with E-state index in [9.17, 15) is 8.42 Å². The number of fused-ring (bicyclic) bond motifs is 3. The van der Waals surface area contributed by atoms with Crippen molar-refractivity contribution in [3.8, 4) is 5.75 Å². The Labute approximate surface area is 157 Å². The molecule has 0 radical (unpaired) electrons. The topological polar surface area (TPSA) is 73.2 Å². The van der Waals surface area contributed by atoms with Gasteiger partial charge < -0.3 is 9.30 Å². The zero-order valence-corrected chi connectivity index (χ0v) is 15.8. The van der Waals surface area contributed by atoms with Crippen LogP contribution in [0.2, 0.25) is 0 Å². The van der Waals surface area contributed by atoms with E-state index < -0.39 is 10.0 Å². The highest BCUT2D eigenvalue weighted by Crippen LogP contribution is 2.31. The molecule has 0 aliphatic rings. The number of ether oxygens (including phenoxy) is 1. The van der Waals surface area contributed by atoms with Crippen molar-refractivity contribution in [2.75, 3.05) is 14.2 Å². The minimum absolute atomic E-state index is 0.252. The maximum Gasteiger partial charge on any atom is 0.240 e. The van der Waals surface area contributed by atoms with Crippen molar-refractivity contribution >= 4 is 32.0 Å². The first-order valence-electron chi connectivity index (χ1n) is 8.47. The molecule has 7 heteroatoms. The van der Waals surface area contributed by atoms with Crippen LogP contribution in [0.4, 0.5) is 0 Å². The number of nitrogens with zero attached hydrogens (tertiary/aromatic N) is 2. The van der Waals surface area contributed by atoms with Gasteiger partial charge in [-0.05, 0) is 55.1 Å². The van der Waals surface area contributed by atoms with E-state index in [0.717, 1.165) is 33.2 Å². The van der Waals surface area contributed by atoms with Crippen LogP contribution in [0.15, 0.2) is 65.7 Å². The Hall–Kier alpha value is -2.90. The van der Waals surface area contributed by atoms with E-state index in [1.54, 1.807) is 25.4 Å². The van der Waals surface area contributed by atoms with E-state index in [0.29, 0.717) is 6.54 Å². The molecule has 6 nitrogen and oxygen atoms in total. The molecule has 27 heavy (non-hydrogen) atoms. The lowest BCUT2D eigenvalue weighted by Gasteiger charge is -2.09. The number of rotatable bonds is 5. The van der Waals surface area contributed by atoms with Crippen molar-refractivity contribution in [1.82, 2.24) is 14.3 Å². The fourth-order valence-corrected chi connectivity index (χ4v) is 3.99. The second-order valence-electron chi connectivity index (χ2n) is 6.19. The Balaban J connectivity index is 1.81. The van der Waals surface area contributed by atoms with Crippen LogP contribution in [0, 0.1) is 0 Å². The van der Waals surface area contributed by atoms with Crippen molar-refractivity contribution in [2.24, 2.45) is 0 Å². The van der Waals surface area contributed by atoms with Gasteiger partial charge in [0.05, 0.1) is 28.6 Å². The zero-order chi connectivity index (χ0) is 19.0. The standard InChI is InChI=1S/C20H19N3O3S/c1-21-27(24,25)16-8-5-14(6-9-16)13-23-18-10-7-15(26-2)12-17(18)20-19(23)4-3-11-22-20/h3-12,21H,13H2,1-2H3. The van der Waals surface area contributed by atoms with Crippen molar-refractivity contribution in [2.45, 2.75) is 11.4 Å². The first-order chi connectivity index (χ1) is 13.0. The van der Waals surface area contributed by atoms with Gasteiger partial charge in [-0.3, -0.25) is 4.98 Å². The second-order valence-corrected chi connectivity index (χ2v) is 8.08. The van der Waals surface area contributed by atoms with Crippen molar-refractivity contribution in [1.29, 1.82) is 0 Å². The maximum atomic E-state index is 11.9. The molecule has 0 amide bonds. The summed E-state index contributed by atoms with van der Waals surface area (Å²) in [7, 11) is -0.382. The fraction of sp³-hybridized carbons (Fsp3) is 0.150. The summed E-state index contributed by atoms with van der Waals surface area (Å²) in [4.78, 5) is 4.79. The lowest BCUT2D eigenvalue weighted by atomic mass is 10.2. The van der Waals surface area contributed by atoms with E-state index in [1.165, 1.54) is 7.05 Å². The van der Waals surface area contributed by atoms with Gasteiger partial charge >= 0.3 is 0 Å². The summed E-state index contributed by atoms with van der Waals surface area (Å²) < 4.78 is 33.7. The lowest BCUT2D eigenvalue weighted by molar-refractivity contribution is 0.415. The molecule has 2 aromatic carbocycles. The molecule has 0 aliphatic carbocycles. The van der Waals surface area contributed by atoms with Gasteiger partial charge in [0.25, 0.3) is 0 Å². The van der Waals surface area contributed by atoms with Crippen LogP contribution in [0.1, 0.15) is 5.56 Å². The highest BCUT2D eigenvalue weighted by Gasteiger charge is 2.14. The summed E-state index contributed by atoms with van der Waals surface area (Å²) in [6.07, 6.45) is 1.78. The van der Waals surface area contributed by atoms with E-state index in [-0.39, 0.29) is 4.90 Å². The summed E-state index contributed by atoms with van der Waals surface area (Å²) in [5.74, 6) is 0.786. The number of nitrogens with one attached hydrogen (secondary N) is 1. The molecule has 0 aliphatic heterocycles. The van der Waals surface area contributed by atoms with Gasteiger partial charge in [0, 0.05) is 18.1 Å². The Bertz CT molecular complexity index is 1230. The molecule has 2 heterocycles. The normalized spacial score (nSPS) is 11.9. The number of hydrogen-bond acceptors (Lipinski definition) is 4. The molecule has 1 N–H and O–H groups in total. The number of hydrogen-bond donors (Lipinski definition) is 1. The van der Waals surface area contributed by atoms with E-state index in [1.807, 2.05) is 42.5 Å². The predicted molar refractivity (Wildman–Crippen MR) is 106 cm³/mol. The monoisotopic (exact) mass is 381 g/mol. The van der Waals surface area contributed by atoms with Crippen LogP contribution in [-0.2, 0) is 16.6 Å². The van der Waals surface area contributed by atoms with Gasteiger partial charge in [-0.1, -0.05) is 12.1 Å². The Morgan fingerprint density at radius 2 is 1.85 bits per heavy atom. The van der Waals surface area contributed by atoms with Gasteiger partial charge in [0.15, 0.2) is 0 Å². The first kappa shape index (κ1) is 17.5. The summed E-state index contributed by atoms with van der Waals surface area (Å²) in [6, 6.07) is 16.8. The number of sulfonamides is 1. The molecular formula is C20H19N3O3S. The second kappa shape index (κ2) is 6.68. The van der Waals surface area contributed by atoms with Gasteiger partial charge in [0.2, 0.25) is 10.0 Å². The lowest BCUT2D eigenvalue weighted by Crippen LogP contribution is -2.18. The van der Waals surface area contributed by atoms with Crippen molar-refractivity contribution in [3.63, 3.8) is 0 Å². The van der Waals surface area contributed by atoms with Gasteiger partial charge in [0.1, 0.15) is 5.75 Å². The largest absolute Gasteiger partial charge is 0.497 e. The summed E-state index contributed by atoms with van der Waals surface area (Å²) in [5, 5.41) is 1.03. The summed E-state index contributed by atoms with van der Waals surface area (Å²) in [6.45, 7) is 0.609. The molecule has 0 fully saturated rings. The summed E-state index contributed by atoms with van der Waals surface area (Å²) in [5.41, 5.74) is 3.99. The SMILES string of the molecule is CNS(=O)(=O)c1ccc(Cn2c3ccc(OC)cc3c3ncccc32)cc1. The van der Waals surface area contributed by atoms with E-state index in [2.05, 4.69) is 14.3 Å². The van der Waals surface area contributed by atoms with Crippen LogP contribution < -0.4 is 9.46 Å². The average molecular weight is 381 g/mol. The molecule has 0 unspecified atom stereocenters. The third-order valence-corrected chi connectivity index (χ3v) is 6.10. The number of pyridine rings is 1. The molecule has 0 saturated heterocycles. The number of benzene rings is 2. The molecular weight excluding hydrogens is 362 g/mol. The first-order valence-corrected chi connectivity index (χ1v) is 9.95. The minimum atomic E-state index is -3.43. The smallest absolute Gasteiger partial charge is 0.240 e. The van der Waals surface area contributed by atoms with Crippen LogP contribution in [0.5, 0.6) is 5.75 Å². The molecule has 2 aromatic heterocycles. The zero-order valence-electron chi connectivity index (χ0n) is 15.0. The van der Waals surface area contributed by atoms with Gasteiger partial charge in [-0.2, -0.15) is 0 Å². The molecule has 4 aromatic rings. The van der Waals surface area contributed by atoms with E-state index in [4.69, 9.17) is 4.74 Å².